The Balaban J connectivity index is 2.19. The summed E-state index contributed by atoms with van der Waals surface area (Å²) in [7, 11) is 1.92. The van der Waals surface area contributed by atoms with Crippen LogP contribution in [-0.4, -0.2) is 41.2 Å². The second-order valence-electron chi connectivity index (χ2n) is 4.80. The van der Waals surface area contributed by atoms with Crippen LogP contribution in [0.3, 0.4) is 0 Å². The van der Waals surface area contributed by atoms with Crippen LogP contribution in [0, 0.1) is 0 Å². The van der Waals surface area contributed by atoms with Crippen LogP contribution in [0.25, 0.3) is 0 Å². The third-order valence-corrected chi connectivity index (χ3v) is 4.28. The lowest BCUT2D eigenvalue weighted by atomic mass is 9.94. The van der Waals surface area contributed by atoms with E-state index in [9.17, 15) is 9.59 Å². The lowest BCUT2D eigenvalue weighted by Crippen LogP contribution is -2.39. The molecule has 0 spiro atoms. The van der Waals surface area contributed by atoms with Gasteiger partial charge in [-0.15, -0.1) is 0 Å². The fourth-order valence-corrected chi connectivity index (χ4v) is 3.10. The van der Waals surface area contributed by atoms with E-state index in [4.69, 9.17) is 0 Å². The smallest absolute Gasteiger partial charge is 0.232 e. The van der Waals surface area contributed by atoms with Crippen LogP contribution in [0.1, 0.15) is 45.4 Å². The van der Waals surface area contributed by atoms with Gasteiger partial charge in [-0.25, -0.2) is 0 Å². The van der Waals surface area contributed by atoms with E-state index in [2.05, 4.69) is 0 Å². The van der Waals surface area contributed by atoms with Gasteiger partial charge in [-0.1, -0.05) is 19.3 Å². The normalized spacial score (nSPS) is 16.8. The third-order valence-electron chi connectivity index (χ3n) is 3.34. The molecule has 1 aliphatic rings. The molecule has 0 radical (unpaired) electrons. The molecule has 0 heterocycles. The number of amides is 1. The minimum Gasteiger partial charge on any atom is -0.342 e. The van der Waals surface area contributed by atoms with Gasteiger partial charge in [0.2, 0.25) is 5.91 Å². The van der Waals surface area contributed by atoms with Gasteiger partial charge in [0.25, 0.3) is 0 Å². The molecule has 0 N–H and O–H groups in total. The molecule has 98 valence electrons. The molecule has 1 aliphatic carbocycles. The highest BCUT2D eigenvalue weighted by atomic mass is 32.2. The molecule has 1 rings (SSSR count). The summed E-state index contributed by atoms with van der Waals surface area (Å²) in [5.74, 6) is 1.69. The zero-order valence-electron chi connectivity index (χ0n) is 10.9. The highest BCUT2D eigenvalue weighted by molar-refractivity contribution is 7.99. The van der Waals surface area contributed by atoms with E-state index in [0.717, 1.165) is 18.6 Å². The summed E-state index contributed by atoms with van der Waals surface area (Å²) < 4.78 is 0. The van der Waals surface area contributed by atoms with Crippen LogP contribution in [0.4, 0.5) is 0 Å². The summed E-state index contributed by atoms with van der Waals surface area (Å²) >= 11 is 1.57. The average Bonchev–Trinajstić information content (AvgIpc) is 2.34. The Labute approximate surface area is 108 Å². The Morgan fingerprint density at radius 1 is 1.24 bits per heavy atom. The first-order chi connectivity index (χ1) is 8.11. The predicted molar refractivity (Wildman–Crippen MR) is 72.3 cm³/mol. The summed E-state index contributed by atoms with van der Waals surface area (Å²) in [6.45, 7) is 1.59. The van der Waals surface area contributed by atoms with Crippen molar-refractivity contribution in [1.29, 1.82) is 0 Å². The second-order valence-corrected chi connectivity index (χ2v) is 5.91. The van der Waals surface area contributed by atoms with E-state index in [1.54, 1.807) is 18.7 Å². The van der Waals surface area contributed by atoms with Gasteiger partial charge >= 0.3 is 0 Å². The van der Waals surface area contributed by atoms with Crippen molar-refractivity contribution in [3.63, 3.8) is 0 Å². The maximum absolute atomic E-state index is 11.9. The first-order valence-electron chi connectivity index (χ1n) is 6.44. The molecule has 1 saturated carbocycles. The van der Waals surface area contributed by atoms with Crippen molar-refractivity contribution in [1.82, 2.24) is 4.90 Å². The Morgan fingerprint density at radius 2 is 1.88 bits per heavy atom. The molecule has 1 amide bonds. The van der Waals surface area contributed by atoms with Gasteiger partial charge in [0.1, 0.15) is 5.78 Å². The molecular formula is C13H23NO2S. The predicted octanol–water partition coefficient (Wildman–Crippen LogP) is 2.49. The molecule has 0 saturated heterocycles. The van der Waals surface area contributed by atoms with E-state index >= 15 is 0 Å². The minimum absolute atomic E-state index is 0.200. The van der Waals surface area contributed by atoms with Gasteiger partial charge in [0.05, 0.1) is 5.75 Å². The Kier molecular flexibility index (Phi) is 6.63. The van der Waals surface area contributed by atoms with Gasteiger partial charge in [0.15, 0.2) is 0 Å². The molecule has 1 fully saturated rings. The largest absolute Gasteiger partial charge is 0.342 e. The van der Waals surface area contributed by atoms with Gasteiger partial charge in [-0.2, -0.15) is 11.8 Å². The first kappa shape index (κ1) is 14.6. The Hall–Kier alpha value is -0.510. The second kappa shape index (κ2) is 7.75. The molecule has 17 heavy (non-hydrogen) atoms. The summed E-state index contributed by atoms with van der Waals surface area (Å²) in [6, 6.07) is 0.449. The maximum atomic E-state index is 11.9. The van der Waals surface area contributed by atoms with E-state index in [1.165, 1.54) is 19.3 Å². The number of hydrogen-bond acceptors (Lipinski definition) is 3. The molecule has 0 aromatic rings. The van der Waals surface area contributed by atoms with Crippen molar-refractivity contribution in [3.05, 3.63) is 0 Å². The highest BCUT2D eigenvalue weighted by Crippen LogP contribution is 2.22. The molecule has 0 atom stereocenters. The molecule has 0 aromatic carbocycles. The fraction of sp³-hybridized carbons (Fsp3) is 0.846. The number of carbonyl (C=O) groups excluding carboxylic acids is 2. The molecule has 3 nitrogen and oxygen atoms in total. The van der Waals surface area contributed by atoms with E-state index in [1.807, 2.05) is 11.9 Å². The molecular weight excluding hydrogens is 234 g/mol. The average molecular weight is 257 g/mol. The highest BCUT2D eigenvalue weighted by Gasteiger charge is 2.21. The summed E-state index contributed by atoms with van der Waals surface area (Å²) in [4.78, 5) is 24.6. The van der Waals surface area contributed by atoms with E-state index in [-0.39, 0.29) is 11.7 Å². The Morgan fingerprint density at radius 3 is 2.47 bits per heavy atom. The van der Waals surface area contributed by atoms with Crippen LogP contribution >= 0.6 is 11.8 Å². The third kappa shape index (κ3) is 5.57. The fourth-order valence-electron chi connectivity index (χ4n) is 2.15. The molecule has 0 aromatic heterocycles. The van der Waals surface area contributed by atoms with Crippen molar-refractivity contribution < 1.29 is 9.59 Å². The van der Waals surface area contributed by atoms with Gasteiger partial charge in [-0.3, -0.25) is 9.59 Å². The number of thioether (sulfide) groups is 1. The monoisotopic (exact) mass is 257 g/mol. The molecule has 0 bridgehead atoms. The molecule has 0 unspecified atom stereocenters. The number of hydrogen-bond donors (Lipinski definition) is 0. The topological polar surface area (TPSA) is 37.4 Å². The number of rotatable bonds is 6. The van der Waals surface area contributed by atoms with Crippen LogP contribution in [-0.2, 0) is 9.59 Å². The van der Waals surface area contributed by atoms with Crippen molar-refractivity contribution >= 4 is 23.5 Å². The number of carbonyl (C=O) groups is 2. The number of ketones is 1. The molecule has 4 heteroatoms. The van der Waals surface area contributed by atoms with Crippen LogP contribution in [0.2, 0.25) is 0 Å². The number of nitrogens with zero attached hydrogens (tertiary/aromatic N) is 1. The van der Waals surface area contributed by atoms with Crippen LogP contribution in [0.5, 0.6) is 0 Å². The zero-order valence-corrected chi connectivity index (χ0v) is 11.7. The standard InChI is InChI=1S/C13H23NO2S/c1-11(15)8-9-17-10-13(16)14(2)12-6-4-3-5-7-12/h12H,3-10H2,1-2H3. The summed E-state index contributed by atoms with van der Waals surface area (Å²) in [5, 5.41) is 0. The zero-order chi connectivity index (χ0) is 12.7. The lowest BCUT2D eigenvalue weighted by molar-refractivity contribution is -0.129. The minimum atomic E-state index is 0.200. The summed E-state index contributed by atoms with van der Waals surface area (Å²) in [5.41, 5.74) is 0. The lowest BCUT2D eigenvalue weighted by Gasteiger charge is -2.31. The van der Waals surface area contributed by atoms with E-state index < -0.39 is 0 Å². The summed E-state index contributed by atoms with van der Waals surface area (Å²) in [6.07, 6.45) is 6.69. The van der Waals surface area contributed by atoms with Crippen LogP contribution < -0.4 is 0 Å². The van der Waals surface area contributed by atoms with Crippen molar-refractivity contribution in [3.8, 4) is 0 Å². The van der Waals surface area contributed by atoms with Gasteiger partial charge in [-0.05, 0) is 19.8 Å². The van der Waals surface area contributed by atoms with Gasteiger partial charge in [0, 0.05) is 25.3 Å². The van der Waals surface area contributed by atoms with Crippen molar-refractivity contribution in [2.75, 3.05) is 18.6 Å². The number of Topliss-reactive ketones (excluding diaryl/α,β-unsaturated/α-hetero) is 1. The SMILES string of the molecule is CC(=O)CCSCC(=O)N(C)C1CCCCC1. The van der Waals surface area contributed by atoms with Crippen LogP contribution in [0.15, 0.2) is 0 Å². The van der Waals surface area contributed by atoms with E-state index in [0.29, 0.717) is 18.2 Å². The van der Waals surface area contributed by atoms with Gasteiger partial charge < -0.3 is 4.90 Å². The molecule has 0 aliphatic heterocycles. The maximum Gasteiger partial charge on any atom is 0.232 e. The Bertz CT molecular complexity index is 262. The van der Waals surface area contributed by atoms with Crippen molar-refractivity contribution in [2.45, 2.75) is 51.5 Å². The van der Waals surface area contributed by atoms with Crippen molar-refractivity contribution in [2.24, 2.45) is 0 Å². The first-order valence-corrected chi connectivity index (χ1v) is 7.59. The quantitative estimate of drug-likeness (QED) is 0.686.